The summed E-state index contributed by atoms with van der Waals surface area (Å²) in [6.07, 6.45) is -22.7. The lowest BCUT2D eigenvalue weighted by atomic mass is 9.88. The molecule has 0 spiro atoms. The van der Waals surface area contributed by atoms with Crippen LogP contribution in [0.2, 0.25) is 0 Å². The molecule has 0 aliphatic heterocycles. The molecule has 0 rings (SSSR count). The van der Waals surface area contributed by atoms with Crippen LogP contribution in [0.15, 0.2) is 0 Å². The molecule has 0 aliphatic carbocycles. The Morgan fingerprint density at radius 2 is 0.463 bits per heavy atom. The fourth-order valence-corrected chi connectivity index (χ4v) is 4.25. The van der Waals surface area contributed by atoms with Gasteiger partial charge in [0, 0.05) is 12.8 Å². The third kappa shape index (κ3) is 12.3. The Morgan fingerprint density at radius 3 is 0.582 bits per heavy atom. The maximum atomic E-state index is 13.3. The zero-order valence-electron chi connectivity index (χ0n) is 30.2. The topological polar surface area (TPSA) is 149 Å². The van der Waals surface area contributed by atoms with Crippen LogP contribution in [0.5, 0.6) is 0 Å². The fraction of sp³-hybridized carbons (Fsp3) is 1.00. The lowest BCUT2D eigenvalue weighted by Crippen LogP contribution is -2.74. The van der Waals surface area contributed by atoms with Crippen LogP contribution in [-0.2, 0) is 20.2 Å². The van der Waals surface area contributed by atoms with Crippen molar-refractivity contribution in [2.24, 2.45) is 0 Å². The van der Waals surface area contributed by atoms with Gasteiger partial charge in [-0.25, -0.2) is 0 Å². The van der Waals surface area contributed by atoms with Crippen LogP contribution in [0, 0.1) is 0 Å². The SMILES string of the molecule is CC(O)CO.O=S(=O)(O)CCC(F)(F)C(F)(F)C(F)(F)C(F)(F)C(F)(F)C(F)(F)C(F)(F)C(F)(F)F.O=S(=O)(O)CCC(F)(F)C(F)(F)C(F)(F)C(F)(F)C(F)(F)C(F)(F)C(F)(F)C(F)(F)F. The second-order valence-corrected chi connectivity index (χ2v) is 15.5. The van der Waals surface area contributed by atoms with Gasteiger partial charge in [-0.3, -0.25) is 9.11 Å². The monoisotopic (exact) mass is 1130 g/mol. The first-order valence-electron chi connectivity index (χ1n) is 14.8. The van der Waals surface area contributed by atoms with Crippen molar-refractivity contribution < 1.29 is 185 Å². The Kier molecular flexibility index (Phi) is 19.6. The molecule has 0 amide bonds. The molecule has 1 unspecified atom stereocenters. The normalized spacial score (nSPS) is 16.5. The van der Waals surface area contributed by atoms with Gasteiger partial charge in [0.2, 0.25) is 0 Å². The standard InChI is InChI=1S/2C10H5F17O3S.C3H8O2/c2*11-3(12,1-2-31(28,29)30)4(13,14)5(15,16)6(17,18)7(19,20)8(21,22)9(23,24)10(25,26)27;1-3(5)2-4/h2*1-2H2,(H,28,29,30);3-5H,2H2,1H3. The van der Waals surface area contributed by atoms with Gasteiger partial charge in [0.25, 0.3) is 20.2 Å². The van der Waals surface area contributed by atoms with E-state index in [-0.39, 0.29) is 6.61 Å². The van der Waals surface area contributed by atoms with Crippen LogP contribution in [0.4, 0.5) is 149 Å². The summed E-state index contributed by atoms with van der Waals surface area (Å²) >= 11 is 0. The average Bonchev–Trinajstić information content (AvgIpc) is 3.07. The van der Waals surface area contributed by atoms with Crippen LogP contribution in [-0.4, -0.2) is 156 Å². The van der Waals surface area contributed by atoms with E-state index in [4.69, 9.17) is 19.3 Å². The second kappa shape index (κ2) is 19.2. The van der Waals surface area contributed by atoms with Gasteiger partial charge in [-0.05, 0) is 6.92 Å². The van der Waals surface area contributed by atoms with Gasteiger partial charge in [-0.2, -0.15) is 166 Å². The summed E-state index contributed by atoms with van der Waals surface area (Å²) in [6, 6.07) is 0. The largest absolute Gasteiger partial charge is 0.460 e. The molecule has 0 aromatic rings. The molecule has 1 atom stereocenters. The zero-order valence-corrected chi connectivity index (χ0v) is 31.8. The van der Waals surface area contributed by atoms with E-state index in [9.17, 15) is 166 Å². The maximum absolute atomic E-state index is 13.3. The van der Waals surface area contributed by atoms with E-state index in [1.807, 2.05) is 0 Å². The van der Waals surface area contributed by atoms with Crippen LogP contribution in [0.1, 0.15) is 19.8 Å². The maximum Gasteiger partial charge on any atom is 0.460 e. The molecule has 0 bridgehead atoms. The van der Waals surface area contributed by atoms with E-state index < -0.39 is 146 Å². The molecular formula is C23H18F34O8S2. The van der Waals surface area contributed by atoms with Gasteiger partial charge >= 0.3 is 95.3 Å². The molecule has 67 heavy (non-hydrogen) atoms. The Bertz CT molecular complexity index is 1740. The third-order valence-corrected chi connectivity index (χ3v) is 8.63. The van der Waals surface area contributed by atoms with Gasteiger partial charge in [0.05, 0.1) is 24.2 Å². The van der Waals surface area contributed by atoms with Crippen molar-refractivity contribution in [3.8, 4) is 0 Å². The second-order valence-electron chi connectivity index (χ2n) is 12.4. The summed E-state index contributed by atoms with van der Waals surface area (Å²) in [5, 5.41) is 16.0. The Hall–Kier alpha value is -2.64. The Balaban J connectivity index is -0.00000111. The van der Waals surface area contributed by atoms with Crippen molar-refractivity contribution in [3.05, 3.63) is 0 Å². The molecule has 0 aliphatic rings. The van der Waals surface area contributed by atoms with Crippen molar-refractivity contribution in [2.45, 2.75) is 121 Å². The number of hydrogen-bond donors (Lipinski definition) is 4. The molecule has 0 heterocycles. The highest BCUT2D eigenvalue weighted by atomic mass is 32.2. The number of rotatable bonds is 19. The smallest absolute Gasteiger partial charge is 0.394 e. The molecule has 0 aromatic heterocycles. The summed E-state index contributed by atoms with van der Waals surface area (Å²) in [6.45, 7) is 1.39. The lowest BCUT2D eigenvalue weighted by Gasteiger charge is -2.42. The third-order valence-electron chi connectivity index (χ3n) is 7.19. The molecule has 0 saturated heterocycles. The highest BCUT2D eigenvalue weighted by Crippen LogP contribution is 2.66. The summed E-state index contributed by atoms with van der Waals surface area (Å²) in [5.74, 6) is -120. The Labute approximate surface area is 345 Å². The molecule has 0 aromatic carbocycles. The first kappa shape index (κ1) is 68.6. The summed E-state index contributed by atoms with van der Waals surface area (Å²) in [7, 11) is -11.4. The van der Waals surface area contributed by atoms with Gasteiger partial charge in [0.15, 0.2) is 0 Å². The summed E-state index contributed by atoms with van der Waals surface area (Å²) < 4.78 is 494. The van der Waals surface area contributed by atoms with E-state index in [1.54, 1.807) is 0 Å². The number of aliphatic hydroxyl groups excluding tert-OH is 2. The highest BCUT2D eigenvalue weighted by Gasteiger charge is 2.97. The number of alkyl halides is 34. The number of aliphatic hydroxyl groups is 2. The van der Waals surface area contributed by atoms with E-state index in [1.165, 1.54) is 6.92 Å². The van der Waals surface area contributed by atoms with Gasteiger partial charge in [-0.1, -0.05) is 0 Å². The summed E-state index contributed by atoms with van der Waals surface area (Å²) in [4.78, 5) is 0. The quantitative estimate of drug-likeness (QED) is 0.0738. The fourth-order valence-electron chi connectivity index (χ4n) is 3.22. The van der Waals surface area contributed by atoms with Crippen molar-refractivity contribution in [1.82, 2.24) is 0 Å². The van der Waals surface area contributed by atoms with Gasteiger partial charge < -0.3 is 10.2 Å². The van der Waals surface area contributed by atoms with Crippen molar-refractivity contribution >= 4 is 20.2 Å². The average molecular weight is 1130 g/mol. The van der Waals surface area contributed by atoms with E-state index >= 15 is 0 Å². The van der Waals surface area contributed by atoms with Crippen LogP contribution < -0.4 is 0 Å². The predicted octanol–water partition coefficient (Wildman–Crippen LogP) is 9.91. The summed E-state index contributed by atoms with van der Waals surface area (Å²) in [5.41, 5.74) is 0. The molecule has 0 saturated carbocycles. The van der Waals surface area contributed by atoms with E-state index in [2.05, 4.69) is 0 Å². The van der Waals surface area contributed by atoms with E-state index in [0.29, 0.717) is 0 Å². The lowest BCUT2D eigenvalue weighted by molar-refractivity contribution is -0.461. The molecule has 0 radical (unpaired) electrons. The van der Waals surface area contributed by atoms with Crippen LogP contribution >= 0.6 is 0 Å². The molecule has 4 N–H and O–H groups in total. The zero-order chi connectivity index (χ0) is 56.1. The number of hydrogen-bond acceptors (Lipinski definition) is 6. The first-order valence-corrected chi connectivity index (χ1v) is 18.0. The molecule has 0 fully saturated rings. The minimum Gasteiger partial charge on any atom is -0.394 e. The van der Waals surface area contributed by atoms with Gasteiger partial charge in [-0.15, -0.1) is 0 Å². The van der Waals surface area contributed by atoms with Crippen molar-refractivity contribution in [2.75, 3.05) is 18.1 Å². The molecule has 8 nitrogen and oxygen atoms in total. The predicted molar refractivity (Wildman–Crippen MR) is 142 cm³/mol. The number of halogens is 34. The van der Waals surface area contributed by atoms with Gasteiger partial charge in [0.1, 0.15) is 0 Å². The molecule has 44 heteroatoms. The van der Waals surface area contributed by atoms with Crippen molar-refractivity contribution in [3.63, 3.8) is 0 Å². The van der Waals surface area contributed by atoms with Crippen LogP contribution in [0.25, 0.3) is 0 Å². The highest BCUT2D eigenvalue weighted by molar-refractivity contribution is 7.86. The Morgan fingerprint density at radius 1 is 0.328 bits per heavy atom. The van der Waals surface area contributed by atoms with Crippen molar-refractivity contribution in [1.29, 1.82) is 0 Å². The minimum absolute atomic E-state index is 0.139. The van der Waals surface area contributed by atoms with Crippen LogP contribution in [0.3, 0.4) is 0 Å². The first-order chi connectivity index (χ1) is 28.2. The molecule has 408 valence electrons. The molecular weight excluding hydrogens is 1110 g/mol. The minimum atomic E-state index is -8.74. The van der Waals surface area contributed by atoms with E-state index in [0.717, 1.165) is 0 Å².